The highest BCUT2D eigenvalue weighted by atomic mass is 32.2. The van der Waals surface area contributed by atoms with Gasteiger partial charge in [-0.3, -0.25) is 4.98 Å². The molecule has 1 aromatic heterocycles. The van der Waals surface area contributed by atoms with Gasteiger partial charge in [-0.1, -0.05) is 6.07 Å². The number of sulfonamides is 1. The minimum atomic E-state index is -3.50. The number of pyridine rings is 1. The van der Waals surface area contributed by atoms with Gasteiger partial charge in [0.05, 0.1) is 10.4 Å². The normalized spacial score (nSPS) is 19.9. The number of benzene rings is 1. The Kier molecular flexibility index (Phi) is 3.22. The molecule has 1 unspecified atom stereocenters. The summed E-state index contributed by atoms with van der Waals surface area (Å²) in [5, 5.41) is 3.80. The molecular formula is C13H15N3O2S. The van der Waals surface area contributed by atoms with Crippen LogP contribution in [0.15, 0.2) is 41.4 Å². The third-order valence-corrected chi connectivity index (χ3v) is 4.86. The van der Waals surface area contributed by atoms with E-state index in [1.54, 1.807) is 30.5 Å². The summed E-state index contributed by atoms with van der Waals surface area (Å²) in [6.07, 6.45) is 2.48. The molecule has 2 N–H and O–H groups in total. The maximum Gasteiger partial charge on any atom is 0.241 e. The van der Waals surface area contributed by atoms with E-state index < -0.39 is 10.0 Å². The molecule has 1 aliphatic heterocycles. The number of rotatable bonds is 3. The summed E-state index contributed by atoms with van der Waals surface area (Å²) in [6, 6.07) is 8.65. The lowest BCUT2D eigenvalue weighted by Crippen LogP contribution is -2.36. The molecule has 100 valence electrons. The third-order valence-electron chi connectivity index (χ3n) is 3.28. The summed E-state index contributed by atoms with van der Waals surface area (Å²) < 4.78 is 27.6. The number of hydrogen-bond donors (Lipinski definition) is 2. The van der Waals surface area contributed by atoms with E-state index in [1.807, 2.05) is 6.07 Å². The standard InChI is InChI=1S/C13H15N3O2S/c17-19(18,16-10-6-8-14-9-10)13-5-1-4-12-11(13)3-2-7-15-12/h1-5,7,10,14,16H,6,8-9H2. The van der Waals surface area contributed by atoms with Crippen molar-refractivity contribution in [3.05, 3.63) is 36.5 Å². The van der Waals surface area contributed by atoms with E-state index >= 15 is 0 Å². The summed E-state index contributed by atoms with van der Waals surface area (Å²) in [7, 11) is -3.50. The first-order chi connectivity index (χ1) is 9.17. The lowest BCUT2D eigenvalue weighted by Gasteiger charge is -2.13. The van der Waals surface area contributed by atoms with Crippen LogP contribution >= 0.6 is 0 Å². The van der Waals surface area contributed by atoms with Crippen LogP contribution in [-0.4, -0.2) is 32.5 Å². The van der Waals surface area contributed by atoms with Gasteiger partial charge < -0.3 is 5.32 Å². The molecular weight excluding hydrogens is 262 g/mol. The summed E-state index contributed by atoms with van der Waals surface area (Å²) in [6.45, 7) is 1.53. The highest BCUT2D eigenvalue weighted by molar-refractivity contribution is 7.89. The van der Waals surface area contributed by atoms with E-state index in [9.17, 15) is 8.42 Å². The van der Waals surface area contributed by atoms with E-state index in [1.165, 1.54) is 0 Å². The van der Waals surface area contributed by atoms with E-state index in [0.29, 0.717) is 22.3 Å². The zero-order valence-corrected chi connectivity index (χ0v) is 11.2. The van der Waals surface area contributed by atoms with Crippen molar-refractivity contribution >= 4 is 20.9 Å². The van der Waals surface area contributed by atoms with E-state index in [0.717, 1.165) is 13.0 Å². The molecule has 6 heteroatoms. The van der Waals surface area contributed by atoms with Crippen molar-refractivity contribution in [2.45, 2.75) is 17.4 Å². The van der Waals surface area contributed by atoms with Crippen LogP contribution in [0.25, 0.3) is 10.9 Å². The second kappa shape index (κ2) is 4.88. The van der Waals surface area contributed by atoms with E-state index in [4.69, 9.17) is 0 Å². The third kappa shape index (κ3) is 2.47. The van der Waals surface area contributed by atoms with Gasteiger partial charge in [0, 0.05) is 24.2 Å². The predicted octanol–water partition coefficient (Wildman–Crippen LogP) is 0.875. The fourth-order valence-electron chi connectivity index (χ4n) is 2.35. The smallest absolute Gasteiger partial charge is 0.241 e. The summed E-state index contributed by atoms with van der Waals surface area (Å²) in [5.74, 6) is 0. The molecule has 0 spiro atoms. The molecule has 2 aromatic rings. The first kappa shape index (κ1) is 12.5. The van der Waals surface area contributed by atoms with Gasteiger partial charge in [-0.2, -0.15) is 0 Å². The van der Waals surface area contributed by atoms with Crippen LogP contribution in [0.2, 0.25) is 0 Å². The topological polar surface area (TPSA) is 71.1 Å². The van der Waals surface area contributed by atoms with Crippen molar-refractivity contribution in [1.82, 2.24) is 15.0 Å². The molecule has 0 aliphatic carbocycles. The second-order valence-electron chi connectivity index (χ2n) is 4.64. The van der Waals surface area contributed by atoms with Crippen molar-refractivity contribution in [3.8, 4) is 0 Å². The molecule has 2 heterocycles. The van der Waals surface area contributed by atoms with E-state index in [2.05, 4.69) is 15.0 Å². The van der Waals surface area contributed by atoms with Crippen molar-refractivity contribution in [1.29, 1.82) is 0 Å². The quantitative estimate of drug-likeness (QED) is 0.873. The average Bonchev–Trinajstić information content (AvgIpc) is 2.90. The Bertz CT molecular complexity index is 689. The number of nitrogens with one attached hydrogen (secondary N) is 2. The number of nitrogens with zero attached hydrogens (tertiary/aromatic N) is 1. The molecule has 0 saturated carbocycles. The molecule has 3 rings (SSSR count). The van der Waals surface area contributed by atoms with Crippen LogP contribution in [0.5, 0.6) is 0 Å². The van der Waals surface area contributed by atoms with Gasteiger partial charge >= 0.3 is 0 Å². The Morgan fingerprint density at radius 2 is 2.16 bits per heavy atom. The first-order valence-electron chi connectivity index (χ1n) is 6.24. The van der Waals surface area contributed by atoms with Crippen molar-refractivity contribution < 1.29 is 8.42 Å². The van der Waals surface area contributed by atoms with Crippen molar-refractivity contribution in [3.63, 3.8) is 0 Å². The van der Waals surface area contributed by atoms with Crippen LogP contribution in [0.4, 0.5) is 0 Å². The molecule has 1 fully saturated rings. The summed E-state index contributed by atoms with van der Waals surface area (Å²) in [4.78, 5) is 4.48. The van der Waals surface area contributed by atoms with Gasteiger partial charge in [0.1, 0.15) is 0 Å². The van der Waals surface area contributed by atoms with Gasteiger partial charge in [-0.25, -0.2) is 13.1 Å². The molecule has 0 amide bonds. The Hall–Kier alpha value is -1.50. The molecule has 1 atom stereocenters. The Morgan fingerprint density at radius 3 is 2.95 bits per heavy atom. The van der Waals surface area contributed by atoms with Crippen LogP contribution in [0.1, 0.15) is 6.42 Å². The second-order valence-corrected chi connectivity index (χ2v) is 6.32. The van der Waals surface area contributed by atoms with Gasteiger partial charge in [0.25, 0.3) is 0 Å². The fraction of sp³-hybridized carbons (Fsp3) is 0.308. The molecule has 19 heavy (non-hydrogen) atoms. The molecule has 1 saturated heterocycles. The summed E-state index contributed by atoms with van der Waals surface area (Å²) in [5.41, 5.74) is 0.690. The Morgan fingerprint density at radius 1 is 1.26 bits per heavy atom. The molecule has 0 bridgehead atoms. The minimum absolute atomic E-state index is 0.0306. The minimum Gasteiger partial charge on any atom is -0.315 e. The van der Waals surface area contributed by atoms with Gasteiger partial charge in [-0.05, 0) is 37.2 Å². The maximum absolute atomic E-state index is 12.4. The van der Waals surface area contributed by atoms with Crippen LogP contribution in [0.3, 0.4) is 0 Å². The highest BCUT2D eigenvalue weighted by Crippen LogP contribution is 2.21. The van der Waals surface area contributed by atoms with Gasteiger partial charge in [0.2, 0.25) is 10.0 Å². The summed E-state index contributed by atoms with van der Waals surface area (Å²) >= 11 is 0. The lowest BCUT2D eigenvalue weighted by atomic mass is 10.2. The predicted molar refractivity (Wildman–Crippen MR) is 73.3 cm³/mol. The fourth-order valence-corrected chi connectivity index (χ4v) is 3.83. The van der Waals surface area contributed by atoms with Crippen LogP contribution in [0, 0.1) is 0 Å². The first-order valence-corrected chi connectivity index (χ1v) is 7.72. The number of aromatic nitrogens is 1. The highest BCUT2D eigenvalue weighted by Gasteiger charge is 2.24. The monoisotopic (exact) mass is 277 g/mol. The van der Waals surface area contributed by atoms with Gasteiger partial charge in [0.15, 0.2) is 0 Å². The molecule has 1 aromatic carbocycles. The zero-order chi connectivity index (χ0) is 13.3. The van der Waals surface area contributed by atoms with Crippen LogP contribution < -0.4 is 10.0 Å². The van der Waals surface area contributed by atoms with Crippen molar-refractivity contribution in [2.75, 3.05) is 13.1 Å². The maximum atomic E-state index is 12.4. The van der Waals surface area contributed by atoms with Gasteiger partial charge in [-0.15, -0.1) is 0 Å². The SMILES string of the molecule is O=S(=O)(NC1CCNC1)c1cccc2ncccc12. The largest absolute Gasteiger partial charge is 0.315 e. The zero-order valence-electron chi connectivity index (χ0n) is 10.3. The Labute approximate surface area is 112 Å². The van der Waals surface area contributed by atoms with Crippen molar-refractivity contribution in [2.24, 2.45) is 0 Å². The average molecular weight is 277 g/mol. The molecule has 5 nitrogen and oxygen atoms in total. The van der Waals surface area contributed by atoms with E-state index in [-0.39, 0.29) is 6.04 Å². The molecule has 1 aliphatic rings. The Balaban J connectivity index is 2.02. The lowest BCUT2D eigenvalue weighted by molar-refractivity contribution is 0.561. The number of hydrogen-bond acceptors (Lipinski definition) is 4. The number of fused-ring (bicyclic) bond motifs is 1. The molecule has 0 radical (unpaired) electrons. The van der Waals surface area contributed by atoms with Crippen LogP contribution in [-0.2, 0) is 10.0 Å².